The van der Waals surface area contributed by atoms with Crippen LogP contribution in [-0.2, 0) is 0 Å². The largest absolute Gasteiger partial charge is 0.256 e. The summed E-state index contributed by atoms with van der Waals surface area (Å²) in [6, 6.07) is 24.0. The average molecular weight is 324 g/mol. The van der Waals surface area contributed by atoms with Gasteiger partial charge in [-0.05, 0) is 19.1 Å². The van der Waals surface area contributed by atoms with E-state index in [-0.39, 0.29) is 0 Å². The van der Waals surface area contributed by atoms with Crippen molar-refractivity contribution >= 4 is 0 Å². The Hall–Kier alpha value is -3.40. The second kappa shape index (κ2) is 6.61. The summed E-state index contributed by atoms with van der Waals surface area (Å²) in [5, 5.41) is 0. The van der Waals surface area contributed by atoms with Crippen LogP contribution < -0.4 is 0 Å². The van der Waals surface area contributed by atoms with Gasteiger partial charge >= 0.3 is 0 Å². The van der Waals surface area contributed by atoms with Crippen LogP contribution in [-0.4, -0.2) is 19.9 Å². The van der Waals surface area contributed by atoms with Gasteiger partial charge in [0.15, 0.2) is 11.6 Å². The highest BCUT2D eigenvalue weighted by Gasteiger charge is 2.08. The Morgan fingerprint density at radius 2 is 1.16 bits per heavy atom. The molecule has 4 heteroatoms. The molecular weight excluding hydrogens is 308 g/mol. The number of nitrogens with zero attached hydrogens (tertiary/aromatic N) is 4. The van der Waals surface area contributed by atoms with Crippen molar-refractivity contribution in [3.05, 3.63) is 84.8 Å². The topological polar surface area (TPSA) is 51.6 Å². The molecule has 2 aromatic carbocycles. The van der Waals surface area contributed by atoms with Gasteiger partial charge in [0.2, 0.25) is 0 Å². The lowest BCUT2D eigenvalue weighted by atomic mass is 10.1. The molecule has 0 bridgehead atoms. The Bertz CT molecular complexity index is 981. The third kappa shape index (κ3) is 3.28. The second-order valence-corrected chi connectivity index (χ2v) is 5.69. The third-order valence-electron chi connectivity index (χ3n) is 3.88. The number of pyridine rings is 1. The first-order valence-corrected chi connectivity index (χ1v) is 8.09. The number of hydrogen-bond acceptors (Lipinski definition) is 4. The number of aryl methyl sites for hydroxylation is 1. The molecule has 2 heterocycles. The molecule has 0 aliphatic rings. The molecule has 0 atom stereocenters. The van der Waals surface area contributed by atoms with Crippen LogP contribution in [0.15, 0.2) is 79.0 Å². The summed E-state index contributed by atoms with van der Waals surface area (Å²) in [6.07, 6.45) is 1.80. The molecule has 0 saturated carbocycles. The van der Waals surface area contributed by atoms with Crippen LogP contribution >= 0.6 is 0 Å². The van der Waals surface area contributed by atoms with Crippen LogP contribution in [0.3, 0.4) is 0 Å². The number of rotatable bonds is 3. The van der Waals surface area contributed by atoms with E-state index in [1.807, 2.05) is 79.7 Å². The van der Waals surface area contributed by atoms with E-state index >= 15 is 0 Å². The lowest BCUT2D eigenvalue weighted by molar-refractivity contribution is 0.992. The molecule has 0 aliphatic heterocycles. The fraction of sp³-hybridized carbons (Fsp3) is 0.0476. The van der Waals surface area contributed by atoms with Gasteiger partial charge in [0.25, 0.3) is 0 Å². The average Bonchev–Trinajstić information content (AvgIpc) is 2.69. The first-order valence-electron chi connectivity index (χ1n) is 8.09. The van der Waals surface area contributed by atoms with Crippen LogP contribution in [0.1, 0.15) is 5.82 Å². The highest BCUT2D eigenvalue weighted by atomic mass is 15.0. The summed E-state index contributed by atoms with van der Waals surface area (Å²) >= 11 is 0. The molecule has 0 amide bonds. The minimum absolute atomic E-state index is 0.680. The van der Waals surface area contributed by atoms with Crippen LogP contribution in [0.5, 0.6) is 0 Å². The molecule has 0 radical (unpaired) electrons. The zero-order chi connectivity index (χ0) is 17.1. The standard InChI is InChI=1S/C21H16N4/c1-15-23-20(17-7-3-2-4-8-17)25-21(24-15)18-12-10-16(11-13-18)19-9-5-6-14-22-19/h2-14H,1H3. The number of aromatic nitrogens is 4. The molecule has 0 saturated heterocycles. The maximum absolute atomic E-state index is 4.64. The van der Waals surface area contributed by atoms with E-state index < -0.39 is 0 Å². The van der Waals surface area contributed by atoms with Crippen molar-refractivity contribution in [2.45, 2.75) is 6.92 Å². The van der Waals surface area contributed by atoms with E-state index in [2.05, 4.69) is 19.9 Å². The van der Waals surface area contributed by atoms with E-state index in [4.69, 9.17) is 0 Å². The summed E-state index contributed by atoms with van der Waals surface area (Å²) in [5.41, 5.74) is 3.96. The zero-order valence-corrected chi connectivity index (χ0v) is 13.8. The maximum Gasteiger partial charge on any atom is 0.163 e. The van der Waals surface area contributed by atoms with E-state index in [1.165, 1.54) is 0 Å². The summed E-state index contributed by atoms with van der Waals surface area (Å²) in [7, 11) is 0. The minimum Gasteiger partial charge on any atom is -0.256 e. The van der Waals surface area contributed by atoms with Gasteiger partial charge in [-0.3, -0.25) is 4.98 Å². The van der Waals surface area contributed by atoms with E-state index in [1.54, 1.807) is 6.20 Å². The van der Waals surface area contributed by atoms with Crippen molar-refractivity contribution in [3.8, 4) is 34.0 Å². The van der Waals surface area contributed by atoms with Crippen LogP contribution in [0.25, 0.3) is 34.0 Å². The first kappa shape index (κ1) is 15.1. The van der Waals surface area contributed by atoms with Crippen LogP contribution in [0.4, 0.5) is 0 Å². The van der Waals surface area contributed by atoms with Gasteiger partial charge in [0.05, 0.1) is 5.69 Å². The molecule has 25 heavy (non-hydrogen) atoms. The number of benzene rings is 2. The summed E-state index contributed by atoms with van der Waals surface area (Å²) < 4.78 is 0. The quantitative estimate of drug-likeness (QED) is 0.553. The third-order valence-corrected chi connectivity index (χ3v) is 3.88. The summed E-state index contributed by atoms with van der Waals surface area (Å²) in [4.78, 5) is 18.0. The monoisotopic (exact) mass is 324 g/mol. The smallest absolute Gasteiger partial charge is 0.163 e. The van der Waals surface area contributed by atoms with Gasteiger partial charge in [-0.25, -0.2) is 15.0 Å². The fourth-order valence-electron chi connectivity index (χ4n) is 2.65. The predicted molar refractivity (Wildman–Crippen MR) is 98.7 cm³/mol. The van der Waals surface area contributed by atoms with Crippen molar-refractivity contribution in [1.29, 1.82) is 0 Å². The molecule has 4 nitrogen and oxygen atoms in total. The summed E-state index contributed by atoms with van der Waals surface area (Å²) in [5.74, 6) is 2.08. The van der Waals surface area contributed by atoms with Gasteiger partial charge in [-0.2, -0.15) is 0 Å². The predicted octanol–water partition coefficient (Wildman–Crippen LogP) is 4.58. The molecule has 4 aromatic rings. The first-order chi connectivity index (χ1) is 12.3. The van der Waals surface area contributed by atoms with Crippen molar-refractivity contribution < 1.29 is 0 Å². The van der Waals surface area contributed by atoms with Gasteiger partial charge in [0, 0.05) is 22.9 Å². The Kier molecular flexibility index (Phi) is 4.01. The molecule has 4 rings (SSSR count). The number of hydrogen-bond donors (Lipinski definition) is 0. The van der Waals surface area contributed by atoms with Crippen molar-refractivity contribution in [1.82, 2.24) is 19.9 Å². The molecule has 2 aromatic heterocycles. The van der Waals surface area contributed by atoms with Crippen LogP contribution in [0.2, 0.25) is 0 Å². The Balaban J connectivity index is 1.71. The Morgan fingerprint density at radius 3 is 1.80 bits per heavy atom. The lowest BCUT2D eigenvalue weighted by Crippen LogP contribution is -1.99. The molecule has 0 unspecified atom stereocenters. The van der Waals surface area contributed by atoms with Crippen molar-refractivity contribution in [3.63, 3.8) is 0 Å². The lowest BCUT2D eigenvalue weighted by Gasteiger charge is -2.06. The van der Waals surface area contributed by atoms with Crippen molar-refractivity contribution in [2.75, 3.05) is 0 Å². The molecule has 120 valence electrons. The zero-order valence-electron chi connectivity index (χ0n) is 13.8. The molecule has 0 spiro atoms. The van der Waals surface area contributed by atoms with Crippen molar-refractivity contribution in [2.24, 2.45) is 0 Å². The maximum atomic E-state index is 4.64. The van der Waals surface area contributed by atoms with Gasteiger partial charge < -0.3 is 0 Å². The highest BCUT2D eigenvalue weighted by molar-refractivity contribution is 5.66. The van der Waals surface area contributed by atoms with E-state index in [0.717, 1.165) is 22.4 Å². The minimum atomic E-state index is 0.680. The molecule has 0 fully saturated rings. The molecule has 0 N–H and O–H groups in total. The van der Waals surface area contributed by atoms with Gasteiger partial charge in [-0.1, -0.05) is 60.7 Å². The Morgan fingerprint density at radius 1 is 0.560 bits per heavy atom. The molecule has 0 aliphatic carbocycles. The van der Waals surface area contributed by atoms with Crippen LogP contribution in [0, 0.1) is 6.92 Å². The SMILES string of the molecule is Cc1nc(-c2ccccc2)nc(-c2ccc(-c3ccccn3)cc2)n1. The molecular formula is C21H16N4. The van der Waals surface area contributed by atoms with E-state index in [0.29, 0.717) is 17.5 Å². The second-order valence-electron chi connectivity index (χ2n) is 5.69. The normalized spacial score (nSPS) is 10.6. The van der Waals surface area contributed by atoms with Gasteiger partial charge in [0.1, 0.15) is 5.82 Å². The fourth-order valence-corrected chi connectivity index (χ4v) is 2.65. The Labute approximate surface area is 146 Å². The van der Waals surface area contributed by atoms with Gasteiger partial charge in [-0.15, -0.1) is 0 Å². The summed E-state index contributed by atoms with van der Waals surface area (Å²) in [6.45, 7) is 1.89. The highest BCUT2D eigenvalue weighted by Crippen LogP contribution is 2.23. The van der Waals surface area contributed by atoms with E-state index in [9.17, 15) is 0 Å².